The average molecular weight is 645 g/mol. The molecule has 248 valence electrons. The number of hydrazine groups is 1. The minimum atomic E-state index is -0.742. The van der Waals surface area contributed by atoms with Gasteiger partial charge in [0, 0.05) is 35.4 Å². The van der Waals surface area contributed by atoms with Crippen molar-refractivity contribution in [3.63, 3.8) is 0 Å². The Morgan fingerprint density at radius 3 is 2.53 bits per heavy atom. The summed E-state index contributed by atoms with van der Waals surface area (Å²) in [5.74, 6) is -1.18. The summed E-state index contributed by atoms with van der Waals surface area (Å²) in [6.07, 6.45) is 9.60. The van der Waals surface area contributed by atoms with Crippen molar-refractivity contribution < 1.29 is 38.6 Å². The maximum Gasteiger partial charge on any atom is 0.426 e. The third-order valence-corrected chi connectivity index (χ3v) is 8.81. The SMILES string of the molecule is COc1cccc2c1C(=O)c1cc3c(cc1C2=O)CC(/C(CO)=N\NC(=O)CCCC(=O)NNC(=O)OC1/C=C/CCCCC1)CC3. The fourth-order valence-corrected chi connectivity index (χ4v) is 6.31. The average Bonchev–Trinajstić information content (AvgIpc) is 3.06. The molecular formula is C35H40N4O8. The van der Waals surface area contributed by atoms with E-state index in [9.17, 15) is 29.1 Å². The lowest BCUT2D eigenvalue weighted by Crippen LogP contribution is -2.43. The van der Waals surface area contributed by atoms with Gasteiger partial charge in [0.25, 0.3) is 0 Å². The highest BCUT2D eigenvalue weighted by molar-refractivity contribution is 6.29. The Kier molecular flexibility index (Phi) is 11.2. The highest BCUT2D eigenvalue weighted by atomic mass is 16.6. The third kappa shape index (κ3) is 8.12. The van der Waals surface area contributed by atoms with E-state index in [1.54, 1.807) is 30.3 Å². The molecule has 12 heteroatoms. The van der Waals surface area contributed by atoms with Crippen LogP contribution in [0.3, 0.4) is 0 Å². The number of ether oxygens (including phenoxy) is 2. The maximum atomic E-state index is 13.4. The quantitative estimate of drug-likeness (QED) is 0.154. The van der Waals surface area contributed by atoms with Gasteiger partial charge in [-0.1, -0.05) is 24.6 Å². The van der Waals surface area contributed by atoms with Gasteiger partial charge in [-0.15, -0.1) is 0 Å². The van der Waals surface area contributed by atoms with E-state index in [1.165, 1.54) is 7.11 Å². The van der Waals surface area contributed by atoms with Gasteiger partial charge in [-0.05, 0) is 86.8 Å². The smallest absolute Gasteiger partial charge is 0.426 e. The number of methoxy groups -OCH3 is 1. The molecule has 0 aromatic heterocycles. The van der Waals surface area contributed by atoms with Gasteiger partial charge in [0.15, 0.2) is 11.6 Å². The molecule has 0 fully saturated rings. The second kappa shape index (κ2) is 15.6. The fourth-order valence-electron chi connectivity index (χ4n) is 6.31. The summed E-state index contributed by atoms with van der Waals surface area (Å²) in [6, 6.07) is 8.53. The number of nitrogens with one attached hydrogen (secondary N) is 3. The second-order valence-electron chi connectivity index (χ2n) is 12.0. The van der Waals surface area contributed by atoms with Crippen molar-refractivity contribution in [2.24, 2.45) is 11.0 Å². The molecule has 2 unspecified atom stereocenters. The molecule has 0 saturated heterocycles. The van der Waals surface area contributed by atoms with Crippen molar-refractivity contribution in [2.75, 3.05) is 13.7 Å². The number of carbonyl (C=O) groups excluding carboxylic acids is 5. The standard InChI is InChI=1S/C35H40N4O8/c1-46-29-12-7-11-25-32(29)34(44)27-18-21-15-16-22(17-23(21)19-26(27)33(25)43)28(20-40)36-37-30(41)13-8-14-31(42)38-39-35(45)47-24-9-5-3-2-4-6-10-24/h5,7,9,11-12,18-19,22,24,40H,2-4,6,8,10,13-17,20H2,1H3,(H,37,41)(H,38,42)(H,39,45)/b9-5+,36-28-. The minimum absolute atomic E-state index is 0.00415. The Bertz CT molecular complexity index is 1610. The molecule has 3 amide bonds. The van der Waals surface area contributed by atoms with Crippen molar-refractivity contribution in [3.8, 4) is 5.75 Å². The number of aliphatic hydroxyl groups excluding tert-OH is 1. The van der Waals surface area contributed by atoms with Gasteiger partial charge in [-0.3, -0.25) is 24.6 Å². The zero-order valence-electron chi connectivity index (χ0n) is 26.4. The third-order valence-electron chi connectivity index (χ3n) is 8.81. The number of nitrogens with zero attached hydrogens (tertiary/aromatic N) is 1. The van der Waals surface area contributed by atoms with Crippen LogP contribution in [0.15, 0.2) is 47.6 Å². The first-order chi connectivity index (χ1) is 22.8. The molecule has 3 aliphatic carbocycles. The van der Waals surface area contributed by atoms with Crippen molar-refractivity contribution in [2.45, 2.75) is 76.7 Å². The lowest BCUT2D eigenvalue weighted by molar-refractivity contribution is -0.123. The van der Waals surface area contributed by atoms with Gasteiger partial charge in [-0.2, -0.15) is 5.10 Å². The summed E-state index contributed by atoms with van der Waals surface area (Å²) in [5.41, 5.74) is 10.5. The lowest BCUT2D eigenvalue weighted by atomic mass is 9.76. The van der Waals surface area contributed by atoms with Crippen LogP contribution < -0.4 is 21.0 Å². The summed E-state index contributed by atoms with van der Waals surface area (Å²) in [6.45, 7) is -0.364. The summed E-state index contributed by atoms with van der Waals surface area (Å²) in [7, 11) is 1.47. The zero-order valence-corrected chi connectivity index (χ0v) is 26.4. The second-order valence-corrected chi connectivity index (χ2v) is 12.0. The summed E-state index contributed by atoms with van der Waals surface area (Å²) in [4.78, 5) is 63.3. The molecule has 12 nitrogen and oxygen atoms in total. The molecule has 0 spiro atoms. The van der Waals surface area contributed by atoms with Crippen LogP contribution in [-0.4, -0.2) is 60.1 Å². The summed E-state index contributed by atoms with van der Waals surface area (Å²) < 4.78 is 10.7. The van der Waals surface area contributed by atoms with Gasteiger partial charge in [0.1, 0.15) is 11.9 Å². The van der Waals surface area contributed by atoms with E-state index in [-0.39, 0.29) is 55.0 Å². The van der Waals surface area contributed by atoms with E-state index in [1.807, 2.05) is 12.2 Å². The number of rotatable bonds is 9. The number of carbonyl (C=O) groups is 5. The van der Waals surface area contributed by atoms with Crippen molar-refractivity contribution in [1.29, 1.82) is 0 Å². The Hall–Kier alpha value is -4.84. The predicted molar refractivity (Wildman–Crippen MR) is 172 cm³/mol. The van der Waals surface area contributed by atoms with Crippen molar-refractivity contribution >= 4 is 35.2 Å². The number of benzene rings is 2. The lowest BCUT2D eigenvalue weighted by Gasteiger charge is -2.28. The van der Waals surface area contributed by atoms with E-state index in [2.05, 4.69) is 21.4 Å². The number of allylic oxidation sites excluding steroid dienone is 1. The molecule has 47 heavy (non-hydrogen) atoms. The number of fused-ring (bicyclic) bond motifs is 3. The minimum Gasteiger partial charge on any atom is -0.496 e. The predicted octanol–water partition coefficient (Wildman–Crippen LogP) is 3.86. The Morgan fingerprint density at radius 2 is 1.72 bits per heavy atom. The Labute approximate surface area is 272 Å². The maximum absolute atomic E-state index is 13.4. The Morgan fingerprint density at radius 1 is 0.936 bits per heavy atom. The van der Waals surface area contributed by atoms with Crippen LogP contribution in [0.4, 0.5) is 4.79 Å². The first-order valence-corrected chi connectivity index (χ1v) is 16.1. The van der Waals surface area contributed by atoms with Gasteiger partial charge >= 0.3 is 6.09 Å². The molecule has 4 N–H and O–H groups in total. The van der Waals surface area contributed by atoms with Crippen LogP contribution in [-0.2, 0) is 27.2 Å². The molecule has 0 heterocycles. The molecule has 2 atom stereocenters. The summed E-state index contributed by atoms with van der Waals surface area (Å²) in [5, 5.41) is 14.2. The molecule has 2 aromatic carbocycles. The Balaban J connectivity index is 1.10. The van der Waals surface area contributed by atoms with Crippen LogP contribution in [0, 0.1) is 5.92 Å². The van der Waals surface area contributed by atoms with Crippen LogP contribution in [0.2, 0.25) is 0 Å². The van der Waals surface area contributed by atoms with Gasteiger partial charge < -0.3 is 14.6 Å². The number of hydrazone groups is 1. The van der Waals surface area contributed by atoms with Gasteiger partial charge in [0.05, 0.1) is 25.0 Å². The summed E-state index contributed by atoms with van der Waals surface area (Å²) >= 11 is 0. The number of hydrogen-bond donors (Lipinski definition) is 4. The van der Waals surface area contributed by atoms with Crippen LogP contribution in [0.25, 0.3) is 0 Å². The monoisotopic (exact) mass is 644 g/mol. The fraction of sp³-hybridized carbons (Fsp3) is 0.429. The van der Waals surface area contributed by atoms with Gasteiger partial charge in [0.2, 0.25) is 11.8 Å². The van der Waals surface area contributed by atoms with Gasteiger partial charge in [-0.25, -0.2) is 15.6 Å². The zero-order chi connectivity index (χ0) is 33.3. The number of aryl methyl sites for hydroxylation is 1. The van der Waals surface area contributed by atoms with Crippen LogP contribution in [0.1, 0.15) is 101 Å². The molecule has 2 aromatic rings. The topological polar surface area (TPSA) is 172 Å². The number of amides is 3. The normalized spacial score (nSPS) is 19.6. The van der Waals surface area contributed by atoms with E-state index < -0.39 is 17.9 Å². The molecule has 0 radical (unpaired) electrons. The van der Waals surface area contributed by atoms with E-state index >= 15 is 0 Å². The van der Waals surface area contributed by atoms with E-state index in [0.29, 0.717) is 47.4 Å². The van der Waals surface area contributed by atoms with E-state index in [4.69, 9.17) is 9.47 Å². The first-order valence-electron chi connectivity index (χ1n) is 16.1. The largest absolute Gasteiger partial charge is 0.496 e. The highest BCUT2D eigenvalue weighted by Gasteiger charge is 2.34. The first kappa shape index (κ1) is 33.5. The molecular weight excluding hydrogens is 604 g/mol. The highest BCUT2D eigenvalue weighted by Crippen LogP contribution is 2.37. The molecule has 0 bridgehead atoms. The van der Waals surface area contributed by atoms with Crippen LogP contribution in [0.5, 0.6) is 5.75 Å². The number of ketones is 2. The van der Waals surface area contributed by atoms with Crippen LogP contribution >= 0.6 is 0 Å². The van der Waals surface area contributed by atoms with E-state index in [0.717, 1.165) is 43.2 Å². The number of aliphatic hydroxyl groups is 1. The van der Waals surface area contributed by atoms with Crippen molar-refractivity contribution in [3.05, 3.63) is 75.9 Å². The molecule has 0 aliphatic heterocycles. The molecule has 5 rings (SSSR count). The molecule has 3 aliphatic rings. The number of hydrogen-bond acceptors (Lipinski definition) is 9. The molecule has 0 saturated carbocycles. The van der Waals surface area contributed by atoms with Crippen molar-refractivity contribution in [1.82, 2.24) is 16.3 Å².